The lowest BCUT2D eigenvalue weighted by Crippen LogP contribution is -2.36. The summed E-state index contributed by atoms with van der Waals surface area (Å²) in [6.07, 6.45) is 2.80. The minimum absolute atomic E-state index is 0.261. The summed E-state index contributed by atoms with van der Waals surface area (Å²) in [6.45, 7) is 2.83. The van der Waals surface area contributed by atoms with Gasteiger partial charge >= 0.3 is 0 Å². The highest BCUT2D eigenvalue weighted by molar-refractivity contribution is 7.93. The van der Waals surface area contributed by atoms with Crippen LogP contribution in [0, 0.1) is 0 Å². The van der Waals surface area contributed by atoms with Gasteiger partial charge in [-0.05, 0) is 37.1 Å². The van der Waals surface area contributed by atoms with Crippen LogP contribution in [0.1, 0.15) is 12.8 Å². The van der Waals surface area contributed by atoms with E-state index in [4.69, 9.17) is 21.1 Å². The number of nitrogens with zero attached hydrogens (tertiary/aromatic N) is 4. The lowest BCUT2D eigenvalue weighted by atomic mass is 10.2. The Morgan fingerprint density at radius 3 is 2.50 bits per heavy atom. The molecule has 2 fully saturated rings. The van der Waals surface area contributed by atoms with Gasteiger partial charge in [-0.1, -0.05) is 23.7 Å². The number of methoxy groups -OCH3 is 1. The fourth-order valence-corrected chi connectivity index (χ4v) is 5.26. The topological polar surface area (TPSA) is 131 Å². The number of ether oxygens (including phenoxy) is 2. The molecule has 5 rings (SSSR count). The van der Waals surface area contributed by atoms with E-state index in [1.54, 1.807) is 31.4 Å². The van der Waals surface area contributed by atoms with E-state index in [-0.39, 0.29) is 16.2 Å². The van der Waals surface area contributed by atoms with Crippen molar-refractivity contribution in [2.45, 2.75) is 18.1 Å². The minimum atomic E-state index is -3.43. The van der Waals surface area contributed by atoms with Crippen molar-refractivity contribution in [3.63, 3.8) is 0 Å². The number of aromatic nitrogens is 3. The molecule has 1 aromatic carbocycles. The van der Waals surface area contributed by atoms with E-state index in [0.29, 0.717) is 54.8 Å². The van der Waals surface area contributed by atoms with Gasteiger partial charge in [0.15, 0.2) is 5.82 Å². The molecule has 0 unspecified atom stereocenters. The number of rotatable bonds is 9. The molecule has 3 aromatic rings. The Balaban J connectivity index is 1.36. The second-order valence-electron chi connectivity index (χ2n) is 8.36. The summed E-state index contributed by atoms with van der Waals surface area (Å²) in [7, 11) is -1.89. The molecule has 13 heteroatoms. The van der Waals surface area contributed by atoms with Gasteiger partial charge in [-0.3, -0.25) is 4.72 Å². The van der Waals surface area contributed by atoms with Crippen LogP contribution >= 0.6 is 11.6 Å². The maximum atomic E-state index is 12.4. The molecule has 36 heavy (non-hydrogen) atoms. The molecule has 3 N–H and O–H groups in total. The van der Waals surface area contributed by atoms with Crippen LogP contribution in [0.3, 0.4) is 0 Å². The number of hydrogen-bond acceptors (Lipinski definition) is 10. The lowest BCUT2D eigenvalue weighted by molar-refractivity contribution is 0.122. The number of benzene rings is 1. The molecule has 1 aliphatic carbocycles. The Bertz CT molecular complexity index is 1350. The first-order valence-corrected chi connectivity index (χ1v) is 13.4. The Morgan fingerprint density at radius 1 is 1.03 bits per heavy atom. The van der Waals surface area contributed by atoms with E-state index in [1.807, 2.05) is 12.1 Å². The Morgan fingerprint density at radius 2 is 1.78 bits per heavy atom. The van der Waals surface area contributed by atoms with E-state index in [9.17, 15) is 8.42 Å². The van der Waals surface area contributed by atoms with Gasteiger partial charge in [-0.25, -0.2) is 13.4 Å². The highest BCUT2D eigenvalue weighted by Gasteiger charge is 2.36. The summed E-state index contributed by atoms with van der Waals surface area (Å²) in [5.74, 6) is 1.76. The average Bonchev–Trinajstić information content (AvgIpc) is 3.74. The van der Waals surface area contributed by atoms with Crippen molar-refractivity contribution >= 4 is 56.3 Å². The van der Waals surface area contributed by atoms with Gasteiger partial charge in [-0.2, -0.15) is 9.97 Å². The maximum Gasteiger partial charge on any atom is 0.239 e. The molecule has 0 atom stereocenters. The predicted molar refractivity (Wildman–Crippen MR) is 139 cm³/mol. The van der Waals surface area contributed by atoms with Crippen molar-refractivity contribution in [3.8, 4) is 5.88 Å². The zero-order valence-corrected chi connectivity index (χ0v) is 21.1. The molecule has 1 saturated heterocycles. The molecule has 1 saturated carbocycles. The zero-order chi connectivity index (χ0) is 25.1. The molecular formula is C23H26ClN7O4S. The molecule has 190 valence electrons. The molecule has 0 spiro atoms. The van der Waals surface area contributed by atoms with Gasteiger partial charge in [-0.15, -0.1) is 0 Å². The van der Waals surface area contributed by atoms with Crippen LogP contribution in [0.2, 0.25) is 5.02 Å². The van der Waals surface area contributed by atoms with Gasteiger partial charge in [0.1, 0.15) is 16.5 Å². The van der Waals surface area contributed by atoms with Gasteiger partial charge < -0.3 is 25.0 Å². The number of morpholine rings is 1. The van der Waals surface area contributed by atoms with Crippen molar-refractivity contribution < 1.29 is 17.9 Å². The second kappa shape index (κ2) is 10.3. The van der Waals surface area contributed by atoms with Crippen LogP contribution in [0.15, 0.2) is 42.6 Å². The highest BCUT2D eigenvalue weighted by atomic mass is 35.5. The van der Waals surface area contributed by atoms with Crippen LogP contribution in [0.25, 0.3) is 0 Å². The van der Waals surface area contributed by atoms with Crippen molar-refractivity contribution in [2.75, 3.05) is 53.7 Å². The molecule has 2 aliphatic rings. The first kappa shape index (κ1) is 24.3. The third-order valence-electron chi connectivity index (χ3n) is 5.76. The van der Waals surface area contributed by atoms with Crippen LogP contribution in [-0.4, -0.2) is 62.0 Å². The van der Waals surface area contributed by atoms with E-state index in [2.05, 4.69) is 35.2 Å². The molecule has 0 radical (unpaired) electrons. The molecule has 0 amide bonds. The SMILES string of the molecule is COc1nc(N2CCOCC2)ccc1Nc1ncc(Cl)c(Nc2ccccc2NS(=O)(=O)C2CC2)n1. The van der Waals surface area contributed by atoms with Crippen LogP contribution in [0.4, 0.5) is 34.6 Å². The van der Waals surface area contributed by atoms with E-state index >= 15 is 0 Å². The van der Waals surface area contributed by atoms with E-state index in [1.165, 1.54) is 6.20 Å². The van der Waals surface area contributed by atoms with E-state index in [0.717, 1.165) is 18.9 Å². The van der Waals surface area contributed by atoms with Crippen LogP contribution < -0.4 is 25.0 Å². The predicted octanol–water partition coefficient (Wildman–Crippen LogP) is 3.76. The number of hydrogen-bond donors (Lipinski definition) is 3. The minimum Gasteiger partial charge on any atom is -0.479 e. The third kappa shape index (κ3) is 5.55. The first-order chi connectivity index (χ1) is 17.4. The van der Waals surface area contributed by atoms with Gasteiger partial charge in [0.2, 0.25) is 21.9 Å². The average molecular weight is 532 g/mol. The number of halogens is 1. The monoisotopic (exact) mass is 531 g/mol. The number of nitrogens with one attached hydrogen (secondary N) is 3. The maximum absolute atomic E-state index is 12.4. The fraction of sp³-hybridized carbons (Fsp3) is 0.348. The normalized spacial score (nSPS) is 15.9. The number of pyridine rings is 1. The molecule has 2 aromatic heterocycles. The van der Waals surface area contributed by atoms with Crippen LogP contribution in [0.5, 0.6) is 5.88 Å². The Hall–Kier alpha value is -3.35. The lowest BCUT2D eigenvalue weighted by Gasteiger charge is -2.28. The van der Waals surface area contributed by atoms with Gasteiger partial charge in [0.05, 0.1) is 43.1 Å². The summed E-state index contributed by atoms with van der Waals surface area (Å²) in [5.41, 5.74) is 1.51. The highest BCUT2D eigenvalue weighted by Crippen LogP contribution is 2.34. The molecule has 11 nitrogen and oxygen atoms in total. The molecule has 3 heterocycles. The summed E-state index contributed by atoms with van der Waals surface area (Å²) in [4.78, 5) is 15.5. The quantitative estimate of drug-likeness (QED) is 0.375. The summed E-state index contributed by atoms with van der Waals surface area (Å²) < 4.78 is 38.5. The van der Waals surface area contributed by atoms with E-state index < -0.39 is 10.0 Å². The standard InChI is InChI=1S/C23H26ClN7O4S/c1-34-22-19(8-9-20(28-22)31-10-12-35-13-11-31)27-23-25-14-16(24)21(29-23)26-17-4-2-3-5-18(17)30-36(32,33)15-6-7-15/h2-5,8-9,14-15,30H,6-7,10-13H2,1H3,(H2,25,26,27,29). The summed E-state index contributed by atoms with van der Waals surface area (Å²) in [5, 5.41) is 6.16. The van der Waals surface area contributed by atoms with Crippen molar-refractivity contribution in [2.24, 2.45) is 0 Å². The first-order valence-electron chi connectivity index (χ1n) is 11.5. The largest absolute Gasteiger partial charge is 0.479 e. The number of anilines is 6. The van der Waals surface area contributed by atoms with Crippen LogP contribution in [-0.2, 0) is 14.8 Å². The van der Waals surface area contributed by atoms with Gasteiger partial charge in [0.25, 0.3) is 0 Å². The Labute approximate surface area is 214 Å². The fourth-order valence-electron chi connectivity index (χ4n) is 3.71. The zero-order valence-electron chi connectivity index (χ0n) is 19.6. The molecule has 1 aliphatic heterocycles. The summed E-state index contributed by atoms with van der Waals surface area (Å²) >= 11 is 6.35. The molecular weight excluding hydrogens is 506 g/mol. The van der Waals surface area contributed by atoms with Crippen molar-refractivity contribution in [3.05, 3.63) is 47.6 Å². The molecule has 0 bridgehead atoms. The number of para-hydroxylation sites is 2. The van der Waals surface area contributed by atoms with Gasteiger partial charge in [0, 0.05) is 13.1 Å². The Kier molecular flexibility index (Phi) is 6.99. The van der Waals surface area contributed by atoms with Crippen molar-refractivity contribution in [1.29, 1.82) is 0 Å². The second-order valence-corrected chi connectivity index (χ2v) is 10.7. The summed E-state index contributed by atoms with van der Waals surface area (Å²) in [6, 6.07) is 10.7. The number of sulfonamides is 1. The third-order valence-corrected chi connectivity index (χ3v) is 7.89. The van der Waals surface area contributed by atoms with Crippen molar-refractivity contribution in [1.82, 2.24) is 15.0 Å². The smallest absolute Gasteiger partial charge is 0.239 e.